The number of allylic oxidation sites excluding steroid dienone is 8. The normalized spacial score (nSPS) is 19.0. The van der Waals surface area contributed by atoms with Crippen LogP contribution in [0.5, 0.6) is 0 Å². The fourth-order valence-corrected chi connectivity index (χ4v) is 21.3. The molecule has 0 nitrogen and oxygen atoms in total. The van der Waals surface area contributed by atoms with Crippen LogP contribution in [0.4, 0.5) is 0 Å². The van der Waals surface area contributed by atoms with Crippen LogP contribution in [-0.4, -0.2) is 27.4 Å². The second kappa shape index (κ2) is 14.2. The number of hydrogen-bond acceptors (Lipinski definition) is 0. The van der Waals surface area contributed by atoms with E-state index in [1.807, 2.05) is 5.20 Å². The Morgan fingerprint density at radius 1 is 0.771 bits per heavy atom. The average Bonchev–Trinajstić information content (AvgIpc) is 3.71. The standard InChI is InChI=1S/C31H45Si3.C13H10.Zr/c1-12-22-18-19-25-24(20-22)21-26-27(25)29(32(3,4)5)30(33(6,7)8)31(13-2,34(9,10)11)28(26)23-16-14-15-17-23;1-3-7-12(8-4-1)11-13-9-5-2-6-10-13;/h14-16,18-20H,12-13,17H2,1-11H3;1-10H;/q-1;;. The fraction of sp³-hybridized carbons (Fsp3) is 0.341. The van der Waals surface area contributed by atoms with E-state index < -0.39 is 24.2 Å². The molecule has 0 heterocycles. The predicted molar refractivity (Wildman–Crippen MR) is 217 cm³/mol. The van der Waals surface area contributed by atoms with E-state index in [-0.39, 0.29) is 5.04 Å². The maximum absolute atomic E-state index is 4.07. The van der Waals surface area contributed by atoms with Gasteiger partial charge in [-0.2, -0.15) is 0 Å². The topological polar surface area (TPSA) is 0 Å². The molecule has 248 valence electrons. The van der Waals surface area contributed by atoms with Crippen molar-refractivity contribution in [3.05, 3.63) is 151 Å². The van der Waals surface area contributed by atoms with Gasteiger partial charge in [0.2, 0.25) is 0 Å². The van der Waals surface area contributed by atoms with Crippen molar-refractivity contribution in [3.63, 3.8) is 0 Å². The molecule has 1 unspecified atom stereocenters. The van der Waals surface area contributed by atoms with Gasteiger partial charge in [-0.1, -0.05) is 137 Å². The van der Waals surface area contributed by atoms with Crippen LogP contribution < -0.4 is 10.4 Å². The Morgan fingerprint density at radius 3 is 1.79 bits per heavy atom. The van der Waals surface area contributed by atoms with E-state index in [1.165, 1.54) is 66.6 Å². The predicted octanol–water partition coefficient (Wildman–Crippen LogP) is 10.6. The van der Waals surface area contributed by atoms with Crippen LogP contribution in [0.1, 0.15) is 43.4 Å². The van der Waals surface area contributed by atoms with E-state index >= 15 is 0 Å². The number of benzene rings is 3. The van der Waals surface area contributed by atoms with E-state index in [9.17, 15) is 0 Å². The van der Waals surface area contributed by atoms with Gasteiger partial charge in [0, 0.05) is 0 Å². The Labute approximate surface area is 309 Å². The van der Waals surface area contributed by atoms with Crippen LogP contribution in [-0.2, 0) is 30.7 Å². The molecule has 0 bridgehead atoms. The second-order valence-corrected chi connectivity index (χ2v) is 33.3. The fourth-order valence-electron chi connectivity index (χ4n) is 8.43. The Balaban J connectivity index is 0.000000267. The van der Waals surface area contributed by atoms with Crippen LogP contribution in [0.3, 0.4) is 0 Å². The summed E-state index contributed by atoms with van der Waals surface area (Å²) in [4.78, 5) is 0. The molecule has 0 aromatic heterocycles. The molecular weight excluding hydrogens is 704 g/mol. The molecule has 0 amide bonds. The summed E-state index contributed by atoms with van der Waals surface area (Å²) in [6, 6.07) is 28.3. The van der Waals surface area contributed by atoms with Crippen molar-refractivity contribution in [3.8, 4) is 0 Å². The van der Waals surface area contributed by atoms with Gasteiger partial charge in [-0.25, -0.2) is 0 Å². The summed E-state index contributed by atoms with van der Waals surface area (Å²) in [6.07, 6.45) is 14.5. The summed E-state index contributed by atoms with van der Waals surface area (Å²) in [5.41, 5.74) is 10.3. The molecule has 0 N–H and O–H groups in total. The summed E-state index contributed by atoms with van der Waals surface area (Å²) in [7, 11) is -5.03. The molecule has 0 radical (unpaired) electrons. The molecule has 0 saturated heterocycles. The number of hydrogen-bond donors (Lipinski definition) is 0. The SMILES string of the molecule is CCc1ccc2c(c1)=[C-]C1=C(C3=CC=CC3)C(CC)([Si](C)(C)C)C([Si](C)(C)C)=C([Si](C)(C)C)C=21.[Zr]=[C](c1ccccc1)c1ccccc1. The molecule has 0 aliphatic heterocycles. The molecule has 3 aliphatic carbocycles. The average molecular weight is 759 g/mol. The van der Waals surface area contributed by atoms with Crippen molar-refractivity contribution in [2.75, 3.05) is 0 Å². The Morgan fingerprint density at radius 2 is 1.35 bits per heavy atom. The van der Waals surface area contributed by atoms with Gasteiger partial charge in [0.05, 0.1) is 24.2 Å². The monoisotopic (exact) mass is 757 g/mol. The van der Waals surface area contributed by atoms with Gasteiger partial charge in [-0.3, -0.25) is 0 Å². The van der Waals surface area contributed by atoms with E-state index in [1.54, 1.807) is 21.9 Å². The summed E-state index contributed by atoms with van der Waals surface area (Å²) in [6.45, 7) is 28.3. The first kappa shape index (κ1) is 37.0. The third-order valence-electron chi connectivity index (χ3n) is 10.4. The van der Waals surface area contributed by atoms with Crippen molar-refractivity contribution < 1.29 is 24.2 Å². The molecule has 3 aromatic carbocycles. The van der Waals surface area contributed by atoms with E-state index in [4.69, 9.17) is 0 Å². The molecule has 1 atom stereocenters. The summed E-state index contributed by atoms with van der Waals surface area (Å²) < 4.78 is 1.42. The first-order chi connectivity index (χ1) is 22.6. The zero-order chi connectivity index (χ0) is 35.1. The van der Waals surface area contributed by atoms with Gasteiger partial charge in [0.25, 0.3) is 0 Å². The van der Waals surface area contributed by atoms with Crippen LogP contribution in [0.2, 0.25) is 64.0 Å². The third kappa shape index (κ3) is 6.89. The molecule has 0 saturated carbocycles. The number of aryl methyl sites for hydroxylation is 1. The van der Waals surface area contributed by atoms with Gasteiger partial charge in [0.15, 0.2) is 0 Å². The van der Waals surface area contributed by atoms with Crippen molar-refractivity contribution in [2.24, 2.45) is 0 Å². The molecular formula is C44H55Si3Zr-. The zero-order valence-corrected chi connectivity index (χ0v) is 36.8. The van der Waals surface area contributed by atoms with Crippen molar-refractivity contribution in [1.82, 2.24) is 0 Å². The number of fused-ring (bicyclic) bond motifs is 2. The van der Waals surface area contributed by atoms with Gasteiger partial charge >= 0.3 is 99.2 Å². The van der Waals surface area contributed by atoms with Crippen LogP contribution in [0.15, 0.2) is 124 Å². The molecule has 48 heavy (non-hydrogen) atoms. The van der Waals surface area contributed by atoms with Gasteiger partial charge in [-0.15, -0.1) is 33.7 Å². The maximum atomic E-state index is 4.07. The van der Waals surface area contributed by atoms with Crippen LogP contribution in [0, 0.1) is 0 Å². The third-order valence-corrected chi connectivity index (χ3v) is 19.9. The van der Waals surface area contributed by atoms with Crippen molar-refractivity contribution in [1.29, 1.82) is 0 Å². The summed E-state index contributed by atoms with van der Waals surface area (Å²) >= 11 is 1.46. The second-order valence-electron chi connectivity index (χ2n) is 16.7. The molecule has 3 aromatic rings. The summed E-state index contributed by atoms with van der Waals surface area (Å²) in [5.74, 6) is 0. The van der Waals surface area contributed by atoms with Crippen LogP contribution in [0.25, 0.3) is 11.6 Å². The van der Waals surface area contributed by atoms with Gasteiger partial charge in [-0.05, 0) is 17.9 Å². The first-order valence-electron chi connectivity index (χ1n) is 17.9. The van der Waals surface area contributed by atoms with E-state index in [0.717, 1.165) is 12.8 Å². The molecule has 3 aliphatic rings. The van der Waals surface area contributed by atoms with Gasteiger partial charge in [0.1, 0.15) is 0 Å². The molecule has 4 heteroatoms. The quantitative estimate of drug-likeness (QED) is 0.159. The van der Waals surface area contributed by atoms with Crippen LogP contribution >= 0.6 is 0 Å². The number of rotatable bonds is 8. The Kier molecular flexibility index (Phi) is 10.9. The van der Waals surface area contributed by atoms with E-state index in [0.29, 0.717) is 0 Å². The summed E-state index contributed by atoms with van der Waals surface area (Å²) in [5, 5.41) is 6.64. The van der Waals surface area contributed by atoms with Crippen molar-refractivity contribution >= 4 is 39.1 Å². The van der Waals surface area contributed by atoms with Gasteiger partial charge < -0.3 is 0 Å². The Bertz CT molecular complexity index is 1910. The molecule has 0 fully saturated rings. The minimum absolute atomic E-state index is 0.173. The van der Waals surface area contributed by atoms with E-state index in [2.05, 4.69) is 176 Å². The molecule has 0 spiro atoms. The minimum atomic E-state index is -1.69. The zero-order valence-electron chi connectivity index (χ0n) is 31.4. The first-order valence-corrected chi connectivity index (χ1v) is 29.6. The Hall–Kier alpha value is -2.24. The molecule has 6 rings (SSSR count). The van der Waals surface area contributed by atoms with Crippen molar-refractivity contribution in [2.45, 2.75) is 97.1 Å².